The van der Waals surface area contributed by atoms with Crippen LogP contribution in [0.3, 0.4) is 0 Å². The van der Waals surface area contributed by atoms with Crippen molar-refractivity contribution in [2.75, 3.05) is 0 Å². The van der Waals surface area contributed by atoms with Gasteiger partial charge in [0.2, 0.25) is 0 Å². The molecule has 0 aliphatic carbocycles. The topological polar surface area (TPSA) is 51.8 Å². The molecule has 78 valence electrons. The Kier molecular flexibility index (Phi) is 2.70. The Morgan fingerprint density at radius 2 is 2.13 bits per heavy atom. The summed E-state index contributed by atoms with van der Waals surface area (Å²) in [5.41, 5.74) is 6.44. The molecule has 0 radical (unpaired) electrons. The minimum absolute atomic E-state index is 0.212. The summed E-state index contributed by atoms with van der Waals surface area (Å²) in [6.07, 6.45) is 1.47. The van der Waals surface area contributed by atoms with Crippen LogP contribution >= 0.6 is 11.7 Å². The van der Waals surface area contributed by atoms with E-state index in [1.165, 1.54) is 12.3 Å². The molecule has 0 spiro atoms. The summed E-state index contributed by atoms with van der Waals surface area (Å²) >= 11 is 0.995. The Labute approximate surface area is 88.9 Å². The fourth-order valence-corrected chi connectivity index (χ4v) is 1.68. The molecule has 0 bridgehead atoms. The van der Waals surface area contributed by atoms with Gasteiger partial charge in [0.15, 0.2) is 0 Å². The van der Waals surface area contributed by atoms with Crippen LogP contribution in [0.25, 0.3) is 0 Å². The Hall–Kier alpha value is -1.40. The van der Waals surface area contributed by atoms with E-state index in [1.54, 1.807) is 0 Å². The Morgan fingerprint density at radius 1 is 1.33 bits per heavy atom. The molecule has 0 saturated carbocycles. The Bertz CT molecular complexity index is 458. The molecular weight excluding hydrogens is 220 g/mol. The molecule has 1 atom stereocenters. The van der Waals surface area contributed by atoms with Crippen LogP contribution in [0.4, 0.5) is 8.78 Å². The van der Waals surface area contributed by atoms with Crippen molar-refractivity contribution in [3.05, 3.63) is 47.3 Å². The van der Waals surface area contributed by atoms with Gasteiger partial charge in [0.1, 0.15) is 11.6 Å². The molecule has 2 aromatic rings. The van der Waals surface area contributed by atoms with E-state index in [1.807, 2.05) is 0 Å². The van der Waals surface area contributed by atoms with E-state index in [-0.39, 0.29) is 5.56 Å². The van der Waals surface area contributed by atoms with E-state index in [9.17, 15) is 8.78 Å². The number of hydrogen-bond acceptors (Lipinski definition) is 4. The predicted octanol–water partition coefficient (Wildman–Crippen LogP) is 1.86. The van der Waals surface area contributed by atoms with Crippen LogP contribution in [0.1, 0.15) is 17.3 Å². The van der Waals surface area contributed by atoms with Crippen molar-refractivity contribution in [2.45, 2.75) is 6.04 Å². The van der Waals surface area contributed by atoms with Crippen LogP contribution in [0.2, 0.25) is 0 Å². The second kappa shape index (κ2) is 4.00. The summed E-state index contributed by atoms with van der Waals surface area (Å²) in [7, 11) is 0. The van der Waals surface area contributed by atoms with Gasteiger partial charge in [-0.2, -0.15) is 8.75 Å². The highest BCUT2D eigenvalue weighted by Crippen LogP contribution is 2.21. The van der Waals surface area contributed by atoms with E-state index in [4.69, 9.17) is 5.73 Å². The standard InChI is InChI=1S/C9H7F2N3S/c10-5-1-2-6(7(11)3-5)9(12)8-4-13-15-14-8/h1-4,9H,12H2. The number of aromatic nitrogens is 2. The molecule has 1 unspecified atom stereocenters. The molecule has 1 aromatic carbocycles. The molecule has 0 fully saturated rings. The maximum atomic E-state index is 13.3. The van der Waals surface area contributed by atoms with Gasteiger partial charge in [-0.05, 0) is 6.07 Å². The smallest absolute Gasteiger partial charge is 0.131 e. The zero-order valence-electron chi connectivity index (χ0n) is 7.52. The zero-order chi connectivity index (χ0) is 10.8. The van der Waals surface area contributed by atoms with Gasteiger partial charge < -0.3 is 5.73 Å². The SMILES string of the molecule is NC(c1cnsn1)c1ccc(F)cc1F. The molecule has 3 nitrogen and oxygen atoms in total. The summed E-state index contributed by atoms with van der Waals surface area (Å²) in [5, 5.41) is 0. The third kappa shape index (κ3) is 2.00. The number of rotatable bonds is 2. The molecular formula is C9H7F2N3S. The molecule has 15 heavy (non-hydrogen) atoms. The molecule has 0 aliphatic heterocycles. The van der Waals surface area contributed by atoms with Gasteiger partial charge in [-0.1, -0.05) is 6.07 Å². The van der Waals surface area contributed by atoms with Crippen molar-refractivity contribution in [1.82, 2.24) is 8.75 Å². The van der Waals surface area contributed by atoms with E-state index in [2.05, 4.69) is 8.75 Å². The first-order chi connectivity index (χ1) is 7.18. The lowest BCUT2D eigenvalue weighted by Crippen LogP contribution is -2.14. The lowest BCUT2D eigenvalue weighted by molar-refractivity contribution is 0.565. The summed E-state index contributed by atoms with van der Waals surface area (Å²) in [5.74, 6) is -1.30. The van der Waals surface area contributed by atoms with Crippen molar-refractivity contribution in [3.63, 3.8) is 0 Å². The van der Waals surface area contributed by atoms with Crippen LogP contribution in [0.5, 0.6) is 0 Å². The second-order valence-corrected chi connectivity index (χ2v) is 3.53. The highest BCUT2D eigenvalue weighted by molar-refractivity contribution is 6.99. The van der Waals surface area contributed by atoms with Gasteiger partial charge in [0, 0.05) is 11.6 Å². The largest absolute Gasteiger partial charge is 0.319 e. The van der Waals surface area contributed by atoms with Gasteiger partial charge in [-0.15, -0.1) is 0 Å². The Morgan fingerprint density at radius 3 is 2.73 bits per heavy atom. The second-order valence-electron chi connectivity index (χ2n) is 2.98. The minimum atomic E-state index is -0.704. The summed E-state index contributed by atoms with van der Waals surface area (Å²) < 4.78 is 33.6. The third-order valence-corrected chi connectivity index (χ3v) is 2.49. The third-order valence-electron chi connectivity index (χ3n) is 1.99. The average Bonchev–Trinajstić information content (AvgIpc) is 2.69. The quantitative estimate of drug-likeness (QED) is 0.852. The summed E-state index contributed by atoms with van der Waals surface area (Å²) in [6, 6.07) is 2.58. The number of benzene rings is 1. The van der Waals surface area contributed by atoms with Crippen LogP contribution in [0.15, 0.2) is 24.4 Å². The molecule has 1 heterocycles. The molecule has 2 N–H and O–H groups in total. The number of halogens is 2. The average molecular weight is 227 g/mol. The highest BCUT2D eigenvalue weighted by atomic mass is 32.1. The zero-order valence-corrected chi connectivity index (χ0v) is 8.34. The van der Waals surface area contributed by atoms with Crippen LogP contribution < -0.4 is 5.73 Å². The van der Waals surface area contributed by atoms with Crippen LogP contribution in [-0.4, -0.2) is 8.75 Å². The fraction of sp³-hybridized carbons (Fsp3) is 0.111. The van der Waals surface area contributed by atoms with Gasteiger partial charge in [-0.25, -0.2) is 8.78 Å². The van der Waals surface area contributed by atoms with E-state index in [0.717, 1.165) is 23.9 Å². The number of nitrogens with zero attached hydrogens (tertiary/aromatic N) is 2. The van der Waals surface area contributed by atoms with Crippen LogP contribution in [-0.2, 0) is 0 Å². The fourth-order valence-electron chi connectivity index (χ4n) is 1.22. The highest BCUT2D eigenvalue weighted by Gasteiger charge is 2.16. The number of hydrogen-bond donors (Lipinski definition) is 1. The first-order valence-corrected chi connectivity index (χ1v) is 4.89. The normalized spacial score (nSPS) is 12.7. The Balaban J connectivity index is 2.38. The van der Waals surface area contributed by atoms with Crippen molar-refractivity contribution in [2.24, 2.45) is 5.73 Å². The minimum Gasteiger partial charge on any atom is -0.319 e. The molecule has 0 amide bonds. The monoisotopic (exact) mass is 227 g/mol. The van der Waals surface area contributed by atoms with Gasteiger partial charge >= 0.3 is 0 Å². The summed E-state index contributed by atoms with van der Waals surface area (Å²) in [6.45, 7) is 0. The van der Waals surface area contributed by atoms with Crippen LogP contribution in [0, 0.1) is 11.6 Å². The maximum Gasteiger partial charge on any atom is 0.131 e. The first kappa shape index (κ1) is 10.1. The van der Waals surface area contributed by atoms with E-state index in [0.29, 0.717) is 5.69 Å². The molecule has 2 rings (SSSR count). The van der Waals surface area contributed by atoms with Crippen molar-refractivity contribution in [1.29, 1.82) is 0 Å². The predicted molar refractivity (Wildman–Crippen MR) is 52.3 cm³/mol. The molecule has 0 saturated heterocycles. The lowest BCUT2D eigenvalue weighted by Gasteiger charge is -2.09. The van der Waals surface area contributed by atoms with Crippen molar-refractivity contribution >= 4 is 11.7 Å². The van der Waals surface area contributed by atoms with Gasteiger partial charge in [0.25, 0.3) is 0 Å². The first-order valence-electron chi connectivity index (χ1n) is 4.16. The molecule has 1 aromatic heterocycles. The van der Waals surface area contributed by atoms with Crippen molar-refractivity contribution < 1.29 is 8.78 Å². The lowest BCUT2D eigenvalue weighted by atomic mass is 10.0. The van der Waals surface area contributed by atoms with E-state index < -0.39 is 17.7 Å². The molecule has 6 heteroatoms. The molecule has 0 aliphatic rings. The van der Waals surface area contributed by atoms with Gasteiger partial charge in [0.05, 0.1) is 29.7 Å². The van der Waals surface area contributed by atoms with Gasteiger partial charge in [-0.3, -0.25) is 0 Å². The van der Waals surface area contributed by atoms with E-state index >= 15 is 0 Å². The maximum absolute atomic E-state index is 13.3. The van der Waals surface area contributed by atoms with Crippen molar-refractivity contribution in [3.8, 4) is 0 Å². The number of nitrogens with two attached hydrogens (primary N) is 1. The summed E-state index contributed by atoms with van der Waals surface area (Å²) in [4.78, 5) is 0.